The third-order valence-electron chi connectivity index (χ3n) is 1.68. The Morgan fingerprint density at radius 1 is 1.36 bits per heavy atom. The zero-order valence-electron chi connectivity index (χ0n) is 7.93. The Morgan fingerprint density at radius 3 is 2.55 bits per heavy atom. The predicted octanol–water partition coefficient (Wildman–Crippen LogP) is 3.21. The fourth-order valence-corrected chi connectivity index (χ4v) is 0.801. The fourth-order valence-electron chi connectivity index (χ4n) is 0.801. The molecular weight excluding hydrogens is 134 g/mol. The maximum Gasteiger partial charge on any atom is 0.0389 e. The maximum atomic E-state index is 4.31. The Balaban J connectivity index is 3.54. The van der Waals surface area contributed by atoms with E-state index < -0.39 is 0 Å². The third-order valence-corrected chi connectivity index (χ3v) is 1.68. The van der Waals surface area contributed by atoms with Crippen molar-refractivity contribution >= 4 is 6.21 Å². The molecule has 64 valence electrons. The standard InChI is InChI=1S/C10H19N/c1-4-7-8-11-9-10(5-2)6-3/h5,9H,4,6-8H2,1-3H3/b10-5+,11-9?. The second-order valence-corrected chi connectivity index (χ2v) is 2.61. The van der Waals surface area contributed by atoms with E-state index in [1.807, 2.05) is 6.21 Å². The largest absolute Gasteiger partial charge is 0.293 e. The molecule has 11 heavy (non-hydrogen) atoms. The number of hydrogen-bond donors (Lipinski definition) is 0. The lowest BCUT2D eigenvalue weighted by atomic mass is 10.2. The SMILES string of the molecule is C/C=C(/C=NCCCC)CC. The molecule has 0 amide bonds. The van der Waals surface area contributed by atoms with Crippen LogP contribution >= 0.6 is 0 Å². The van der Waals surface area contributed by atoms with Gasteiger partial charge in [-0.15, -0.1) is 0 Å². The average Bonchev–Trinajstić information content (AvgIpc) is 2.05. The van der Waals surface area contributed by atoms with Crippen molar-refractivity contribution in [2.24, 2.45) is 4.99 Å². The van der Waals surface area contributed by atoms with Crippen LogP contribution in [0.1, 0.15) is 40.0 Å². The Bertz CT molecular complexity index is 134. The Hall–Kier alpha value is -0.590. The first-order valence-electron chi connectivity index (χ1n) is 4.50. The van der Waals surface area contributed by atoms with Crippen molar-refractivity contribution in [2.75, 3.05) is 6.54 Å². The van der Waals surface area contributed by atoms with E-state index in [9.17, 15) is 0 Å². The summed E-state index contributed by atoms with van der Waals surface area (Å²) >= 11 is 0. The van der Waals surface area contributed by atoms with Crippen LogP contribution in [0.5, 0.6) is 0 Å². The van der Waals surface area contributed by atoms with E-state index in [-0.39, 0.29) is 0 Å². The first kappa shape index (κ1) is 10.4. The third kappa shape index (κ3) is 5.84. The van der Waals surface area contributed by atoms with Gasteiger partial charge in [-0.2, -0.15) is 0 Å². The molecule has 0 atom stereocenters. The topological polar surface area (TPSA) is 12.4 Å². The van der Waals surface area contributed by atoms with Gasteiger partial charge < -0.3 is 0 Å². The average molecular weight is 153 g/mol. The highest BCUT2D eigenvalue weighted by Crippen LogP contribution is 1.96. The van der Waals surface area contributed by atoms with Gasteiger partial charge in [0, 0.05) is 12.8 Å². The first-order valence-corrected chi connectivity index (χ1v) is 4.50. The lowest BCUT2D eigenvalue weighted by molar-refractivity contribution is 0.809. The highest BCUT2D eigenvalue weighted by Gasteiger charge is 1.84. The molecule has 1 nitrogen and oxygen atoms in total. The number of rotatable bonds is 5. The molecule has 0 saturated carbocycles. The molecule has 0 fully saturated rings. The van der Waals surface area contributed by atoms with E-state index in [4.69, 9.17) is 0 Å². The van der Waals surface area contributed by atoms with Gasteiger partial charge in [-0.05, 0) is 25.3 Å². The van der Waals surface area contributed by atoms with Crippen LogP contribution in [-0.2, 0) is 0 Å². The van der Waals surface area contributed by atoms with E-state index in [2.05, 4.69) is 31.8 Å². The monoisotopic (exact) mass is 153 g/mol. The Labute approximate surface area is 70.2 Å². The van der Waals surface area contributed by atoms with Crippen molar-refractivity contribution in [1.29, 1.82) is 0 Å². The molecule has 0 aromatic rings. The van der Waals surface area contributed by atoms with Crippen LogP contribution in [0.15, 0.2) is 16.6 Å². The summed E-state index contributed by atoms with van der Waals surface area (Å²) in [7, 11) is 0. The molecule has 0 aliphatic heterocycles. The molecule has 0 N–H and O–H groups in total. The van der Waals surface area contributed by atoms with Gasteiger partial charge in [0.25, 0.3) is 0 Å². The maximum absolute atomic E-state index is 4.31. The van der Waals surface area contributed by atoms with E-state index >= 15 is 0 Å². The molecule has 0 unspecified atom stereocenters. The summed E-state index contributed by atoms with van der Waals surface area (Å²) in [6.07, 6.45) is 7.64. The van der Waals surface area contributed by atoms with E-state index in [1.165, 1.54) is 18.4 Å². The van der Waals surface area contributed by atoms with Gasteiger partial charge in [-0.3, -0.25) is 4.99 Å². The number of unbranched alkanes of at least 4 members (excludes halogenated alkanes) is 1. The van der Waals surface area contributed by atoms with Crippen LogP contribution in [0.4, 0.5) is 0 Å². The van der Waals surface area contributed by atoms with Gasteiger partial charge in [-0.25, -0.2) is 0 Å². The lowest BCUT2D eigenvalue weighted by Gasteiger charge is -1.93. The first-order chi connectivity index (χ1) is 5.35. The fraction of sp³-hybridized carbons (Fsp3) is 0.700. The molecule has 0 saturated heterocycles. The van der Waals surface area contributed by atoms with Crippen molar-refractivity contribution < 1.29 is 0 Å². The molecular formula is C10H19N. The minimum Gasteiger partial charge on any atom is -0.293 e. The molecule has 0 aromatic carbocycles. The van der Waals surface area contributed by atoms with Crippen molar-refractivity contribution in [3.05, 3.63) is 11.6 Å². The Morgan fingerprint density at radius 2 is 2.09 bits per heavy atom. The minimum atomic E-state index is 0.980. The zero-order chi connectivity index (χ0) is 8.53. The highest BCUT2D eigenvalue weighted by molar-refractivity contribution is 5.78. The van der Waals surface area contributed by atoms with E-state index in [0.29, 0.717) is 0 Å². The van der Waals surface area contributed by atoms with Gasteiger partial charge in [0.1, 0.15) is 0 Å². The molecule has 0 rings (SSSR count). The molecule has 0 heterocycles. The summed E-state index contributed by atoms with van der Waals surface area (Å²) in [5.41, 5.74) is 1.33. The van der Waals surface area contributed by atoms with Crippen LogP contribution in [-0.4, -0.2) is 12.8 Å². The van der Waals surface area contributed by atoms with Gasteiger partial charge in [-0.1, -0.05) is 26.3 Å². The zero-order valence-corrected chi connectivity index (χ0v) is 7.93. The van der Waals surface area contributed by atoms with Crippen molar-refractivity contribution in [2.45, 2.75) is 40.0 Å². The van der Waals surface area contributed by atoms with Gasteiger partial charge in [0.2, 0.25) is 0 Å². The second kappa shape index (κ2) is 7.52. The van der Waals surface area contributed by atoms with Crippen LogP contribution in [0.25, 0.3) is 0 Å². The Kier molecular flexibility index (Phi) is 7.11. The van der Waals surface area contributed by atoms with Crippen molar-refractivity contribution in [1.82, 2.24) is 0 Å². The molecule has 0 aromatic heterocycles. The van der Waals surface area contributed by atoms with Gasteiger partial charge in [0.05, 0.1) is 0 Å². The lowest BCUT2D eigenvalue weighted by Crippen LogP contribution is -1.84. The number of hydrogen-bond acceptors (Lipinski definition) is 1. The molecule has 0 aliphatic carbocycles. The van der Waals surface area contributed by atoms with Crippen molar-refractivity contribution in [3.63, 3.8) is 0 Å². The quantitative estimate of drug-likeness (QED) is 0.425. The summed E-state index contributed by atoms with van der Waals surface area (Å²) < 4.78 is 0. The number of nitrogens with zero attached hydrogens (tertiary/aromatic N) is 1. The summed E-state index contributed by atoms with van der Waals surface area (Å²) in [4.78, 5) is 4.31. The summed E-state index contributed by atoms with van der Waals surface area (Å²) in [5.74, 6) is 0. The van der Waals surface area contributed by atoms with Gasteiger partial charge in [0.15, 0.2) is 0 Å². The van der Waals surface area contributed by atoms with Crippen LogP contribution in [0.2, 0.25) is 0 Å². The number of allylic oxidation sites excluding steroid dienone is 2. The van der Waals surface area contributed by atoms with Crippen molar-refractivity contribution in [3.8, 4) is 0 Å². The van der Waals surface area contributed by atoms with Crippen LogP contribution in [0.3, 0.4) is 0 Å². The summed E-state index contributed by atoms with van der Waals surface area (Å²) in [6.45, 7) is 7.38. The smallest absolute Gasteiger partial charge is 0.0389 e. The second-order valence-electron chi connectivity index (χ2n) is 2.61. The normalized spacial score (nSPS) is 12.8. The molecule has 0 radical (unpaired) electrons. The highest BCUT2D eigenvalue weighted by atomic mass is 14.7. The molecule has 0 aliphatic rings. The molecule has 1 heteroatoms. The summed E-state index contributed by atoms with van der Waals surface area (Å²) in [6, 6.07) is 0. The minimum absolute atomic E-state index is 0.980. The molecule has 0 bridgehead atoms. The molecule has 0 spiro atoms. The number of aliphatic imine (C=N–C) groups is 1. The van der Waals surface area contributed by atoms with Crippen LogP contribution < -0.4 is 0 Å². The predicted molar refractivity (Wildman–Crippen MR) is 52.3 cm³/mol. The van der Waals surface area contributed by atoms with Crippen LogP contribution in [0, 0.1) is 0 Å². The van der Waals surface area contributed by atoms with E-state index in [0.717, 1.165) is 13.0 Å². The van der Waals surface area contributed by atoms with E-state index in [1.54, 1.807) is 0 Å². The summed E-state index contributed by atoms with van der Waals surface area (Å²) in [5, 5.41) is 0. The van der Waals surface area contributed by atoms with Gasteiger partial charge >= 0.3 is 0 Å².